The molecule has 150 valence electrons. The number of anilines is 1. The number of fused-ring (bicyclic) bond motifs is 1. The molecule has 4 rings (SSSR count). The van der Waals surface area contributed by atoms with E-state index in [0.717, 1.165) is 19.6 Å². The lowest BCUT2D eigenvalue weighted by Crippen LogP contribution is -2.35. The van der Waals surface area contributed by atoms with Gasteiger partial charge in [-0.25, -0.2) is 4.98 Å². The van der Waals surface area contributed by atoms with Gasteiger partial charge in [0.25, 0.3) is 0 Å². The highest BCUT2D eigenvalue weighted by molar-refractivity contribution is 5.93. The number of aryl methyl sites for hydroxylation is 1. The molecule has 28 heavy (non-hydrogen) atoms. The van der Waals surface area contributed by atoms with Crippen molar-refractivity contribution in [3.8, 4) is 0 Å². The Hall–Kier alpha value is -2.00. The van der Waals surface area contributed by atoms with Crippen LogP contribution in [0.25, 0.3) is 10.9 Å². The van der Waals surface area contributed by atoms with E-state index in [0.29, 0.717) is 11.8 Å². The van der Waals surface area contributed by atoms with Crippen LogP contribution in [0, 0.1) is 19.8 Å². The Morgan fingerprint density at radius 2 is 1.86 bits per heavy atom. The van der Waals surface area contributed by atoms with Crippen molar-refractivity contribution in [1.82, 2.24) is 9.55 Å². The topological polar surface area (TPSA) is 21.1 Å². The predicted octanol–water partition coefficient (Wildman–Crippen LogP) is 6.11. The number of hydrogen-bond acceptors (Lipinski definition) is 2. The molecule has 0 bridgehead atoms. The molecular formula is C24H32ClN3. The third-order valence-electron chi connectivity index (χ3n) is 6.07. The number of piperidine rings is 1. The number of rotatable bonds is 4. The first-order valence-corrected chi connectivity index (χ1v) is 10.3. The van der Waals surface area contributed by atoms with Crippen molar-refractivity contribution >= 4 is 29.1 Å². The molecule has 1 saturated heterocycles. The van der Waals surface area contributed by atoms with Gasteiger partial charge >= 0.3 is 0 Å². The lowest BCUT2D eigenvalue weighted by atomic mass is 9.90. The zero-order valence-corrected chi connectivity index (χ0v) is 18.3. The molecular weight excluding hydrogens is 366 g/mol. The highest BCUT2D eigenvalue weighted by Gasteiger charge is 2.25. The second-order valence-electron chi connectivity index (χ2n) is 8.44. The molecule has 2 aromatic heterocycles. The van der Waals surface area contributed by atoms with Crippen LogP contribution >= 0.6 is 12.4 Å². The SMILES string of the molecule is Cc1c(C)n(CC(C)C)c2c(N3CCCC(c4ccccc4)C3)nccc12.Cl. The first kappa shape index (κ1) is 20.7. The average Bonchev–Trinajstić information content (AvgIpc) is 2.93. The third kappa shape index (κ3) is 3.77. The fourth-order valence-electron chi connectivity index (χ4n) is 4.57. The Balaban J connectivity index is 0.00000225. The monoisotopic (exact) mass is 397 g/mol. The molecule has 1 unspecified atom stereocenters. The van der Waals surface area contributed by atoms with Crippen LogP contribution in [0.2, 0.25) is 0 Å². The van der Waals surface area contributed by atoms with Crippen LogP contribution in [-0.4, -0.2) is 22.6 Å². The minimum Gasteiger partial charge on any atom is -0.354 e. The van der Waals surface area contributed by atoms with Crippen molar-refractivity contribution < 1.29 is 0 Å². The summed E-state index contributed by atoms with van der Waals surface area (Å²) in [6, 6.07) is 13.2. The van der Waals surface area contributed by atoms with Gasteiger partial charge in [-0.15, -0.1) is 12.4 Å². The summed E-state index contributed by atoms with van der Waals surface area (Å²) in [6.07, 6.45) is 4.48. The molecule has 4 heteroatoms. The van der Waals surface area contributed by atoms with E-state index in [-0.39, 0.29) is 12.4 Å². The smallest absolute Gasteiger partial charge is 0.153 e. The second-order valence-corrected chi connectivity index (χ2v) is 8.44. The van der Waals surface area contributed by atoms with E-state index in [1.165, 1.54) is 46.4 Å². The summed E-state index contributed by atoms with van der Waals surface area (Å²) in [6.45, 7) is 12.3. The van der Waals surface area contributed by atoms with Gasteiger partial charge in [-0.2, -0.15) is 0 Å². The van der Waals surface area contributed by atoms with Crippen LogP contribution in [0.15, 0.2) is 42.6 Å². The van der Waals surface area contributed by atoms with E-state index >= 15 is 0 Å². The van der Waals surface area contributed by atoms with Crippen molar-refractivity contribution in [2.45, 2.75) is 53.0 Å². The molecule has 1 atom stereocenters. The first-order chi connectivity index (χ1) is 13.1. The van der Waals surface area contributed by atoms with Crippen LogP contribution in [0.1, 0.15) is 49.4 Å². The summed E-state index contributed by atoms with van der Waals surface area (Å²) >= 11 is 0. The minimum atomic E-state index is 0. The number of nitrogens with zero attached hydrogens (tertiary/aromatic N) is 3. The lowest BCUT2D eigenvalue weighted by Gasteiger charge is -2.34. The fraction of sp³-hybridized carbons (Fsp3) is 0.458. The van der Waals surface area contributed by atoms with E-state index in [2.05, 4.69) is 73.6 Å². The molecule has 1 aliphatic heterocycles. The maximum atomic E-state index is 4.89. The first-order valence-electron chi connectivity index (χ1n) is 10.3. The molecule has 3 heterocycles. The van der Waals surface area contributed by atoms with Crippen molar-refractivity contribution in [2.24, 2.45) is 5.92 Å². The summed E-state index contributed by atoms with van der Waals surface area (Å²) in [7, 11) is 0. The van der Waals surface area contributed by atoms with Crippen LogP contribution in [0.4, 0.5) is 5.82 Å². The Morgan fingerprint density at radius 3 is 2.57 bits per heavy atom. The van der Waals surface area contributed by atoms with Gasteiger partial charge in [0.2, 0.25) is 0 Å². The number of aromatic nitrogens is 2. The van der Waals surface area contributed by atoms with Crippen molar-refractivity contribution in [3.05, 3.63) is 59.4 Å². The summed E-state index contributed by atoms with van der Waals surface area (Å²) in [5.41, 5.74) is 5.56. The standard InChI is InChI=1S/C24H31N3.ClH/c1-17(2)15-27-19(4)18(3)22-12-13-25-24(23(22)27)26-14-8-11-21(16-26)20-9-6-5-7-10-20;/h5-7,9-10,12-13,17,21H,8,11,14-16H2,1-4H3;1H. The molecule has 0 aliphatic carbocycles. The summed E-state index contributed by atoms with van der Waals surface area (Å²) in [5.74, 6) is 2.38. The van der Waals surface area contributed by atoms with E-state index in [1.54, 1.807) is 0 Å². The van der Waals surface area contributed by atoms with Gasteiger partial charge in [0.15, 0.2) is 5.82 Å². The molecule has 0 amide bonds. The molecule has 3 aromatic rings. The normalized spacial score (nSPS) is 17.2. The molecule has 0 saturated carbocycles. The van der Waals surface area contributed by atoms with Crippen molar-refractivity contribution in [1.29, 1.82) is 0 Å². The Bertz CT molecular complexity index is 930. The largest absolute Gasteiger partial charge is 0.354 e. The summed E-state index contributed by atoms with van der Waals surface area (Å²) < 4.78 is 2.50. The molecule has 1 fully saturated rings. The maximum Gasteiger partial charge on any atom is 0.153 e. The number of benzene rings is 1. The molecule has 0 radical (unpaired) electrons. The van der Waals surface area contributed by atoms with Crippen LogP contribution in [-0.2, 0) is 6.54 Å². The van der Waals surface area contributed by atoms with Crippen molar-refractivity contribution in [3.63, 3.8) is 0 Å². The number of halogens is 1. The Labute approximate surface area is 175 Å². The Morgan fingerprint density at radius 1 is 1.11 bits per heavy atom. The predicted molar refractivity (Wildman–Crippen MR) is 122 cm³/mol. The fourth-order valence-corrected chi connectivity index (χ4v) is 4.57. The highest BCUT2D eigenvalue weighted by atomic mass is 35.5. The number of pyridine rings is 1. The van der Waals surface area contributed by atoms with E-state index < -0.39 is 0 Å². The molecule has 0 N–H and O–H groups in total. The lowest BCUT2D eigenvalue weighted by molar-refractivity contribution is 0.504. The maximum absolute atomic E-state index is 4.89. The Kier molecular flexibility index (Phi) is 6.34. The zero-order valence-electron chi connectivity index (χ0n) is 17.5. The minimum absolute atomic E-state index is 0. The zero-order chi connectivity index (χ0) is 19.0. The molecule has 1 aromatic carbocycles. The third-order valence-corrected chi connectivity index (χ3v) is 6.07. The van der Waals surface area contributed by atoms with E-state index in [9.17, 15) is 0 Å². The highest BCUT2D eigenvalue weighted by Crippen LogP contribution is 2.35. The van der Waals surface area contributed by atoms with Crippen LogP contribution in [0.5, 0.6) is 0 Å². The van der Waals surface area contributed by atoms with E-state index in [4.69, 9.17) is 4.98 Å². The van der Waals surface area contributed by atoms with Crippen LogP contribution in [0.3, 0.4) is 0 Å². The van der Waals surface area contributed by atoms with Gasteiger partial charge in [-0.1, -0.05) is 44.2 Å². The average molecular weight is 398 g/mol. The van der Waals surface area contributed by atoms with Gasteiger partial charge in [0.05, 0.1) is 5.52 Å². The van der Waals surface area contributed by atoms with Gasteiger partial charge in [-0.05, 0) is 49.8 Å². The van der Waals surface area contributed by atoms with E-state index in [1.807, 2.05) is 6.20 Å². The van der Waals surface area contributed by atoms with Gasteiger partial charge in [0, 0.05) is 42.8 Å². The van der Waals surface area contributed by atoms with Gasteiger partial charge < -0.3 is 9.47 Å². The van der Waals surface area contributed by atoms with Gasteiger partial charge in [-0.3, -0.25) is 0 Å². The molecule has 1 aliphatic rings. The molecule has 3 nitrogen and oxygen atoms in total. The quantitative estimate of drug-likeness (QED) is 0.529. The number of hydrogen-bond donors (Lipinski definition) is 0. The summed E-state index contributed by atoms with van der Waals surface area (Å²) in [5, 5.41) is 1.36. The summed E-state index contributed by atoms with van der Waals surface area (Å²) in [4.78, 5) is 7.41. The second kappa shape index (κ2) is 8.57. The van der Waals surface area contributed by atoms with Crippen LogP contribution < -0.4 is 4.90 Å². The van der Waals surface area contributed by atoms with Crippen molar-refractivity contribution in [2.75, 3.05) is 18.0 Å². The van der Waals surface area contributed by atoms with Gasteiger partial charge in [0.1, 0.15) is 0 Å². The molecule has 0 spiro atoms.